The van der Waals surface area contributed by atoms with Crippen LogP contribution in [0.15, 0.2) is 81.8 Å². The van der Waals surface area contributed by atoms with Gasteiger partial charge in [0.2, 0.25) is 0 Å². The molecule has 0 spiro atoms. The molecule has 0 aromatic heterocycles. The maximum Gasteiger partial charge on any atom is 0.338 e. The van der Waals surface area contributed by atoms with Gasteiger partial charge in [-0.3, -0.25) is 9.59 Å². The van der Waals surface area contributed by atoms with Crippen LogP contribution in [0.5, 0.6) is 0 Å². The minimum absolute atomic E-state index is 0.00887. The van der Waals surface area contributed by atoms with Gasteiger partial charge >= 0.3 is 11.9 Å². The molecule has 6 rings (SSSR count). The molecule has 4 aliphatic rings. The zero-order valence-electron chi connectivity index (χ0n) is 27.7. The largest absolute Gasteiger partial charge is 0.454 e. The van der Waals surface area contributed by atoms with Crippen LogP contribution in [0.25, 0.3) is 0 Å². The highest BCUT2D eigenvalue weighted by molar-refractivity contribution is 9.10. The molecule has 2 N–H and O–H groups in total. The average molecular weight is 805 g/mol. The number of hydrogen-bond acceptors (Lipinski definition) is 9. The highest BCUT2D eigenvalue weighted by Gasteiger charge is 2.42. The van der Waals surface area contributed by atoms with Crippen molar-refractivity contribution >= 4 is 55.4 Å². The van der Waals surface area contributed by atoms with Crippen molar-refractivity contribution in [2.45, 2.75) is 76.8 Å². The molecule has 8 atom stereocenters. The minimum Gasteiger partial charge on any atom is -0.454 e. The number of carbonyl (C=O) groups is 4. The molecule has 0 saturated heterocycles. The average Bonchev–Trinajstić information content (AvgIpc) is 3.09. The summed E-state index contributed by atoms with van der Waals surface area (Å²) in [6.07, 6.45) is 7.80. The molecule has 0 amide bonds. The molecule has 0 unspecified atom stereocenters. The Hall–Kier alpha value is -2.96. The first-order valence-corrected chi connectivity index (χ1v) is 18.4. The van der Waals surface area contributed by atoms with E-state index in [1.54, 1.807) is 72.8 Å². The van der Waals surface area contributed by atoms with Gasteiger partial charge in [-0.2, -0.15) is 0 Å². The SMILES string of the molecule is CCOCC.O=C1CC[C@H]2[C@@H](C1)[C@@H](OC(=O)c1ccc(Br)cc1)C=C[C@H]2O.O=C1CC[C@H]2[C@@H](C1)[C@@H](OC(=O)c1ccc(Br)cc1)C=C[C@H]2O. The Bertz CT molecular complexity index is 1380. The number of benzene rings is 2. The summed E-state index contributed by atoms with van der Waals surface area (Å²) in [5.41, 5.74) is 0.947. The first-order valence-electron chi connectivity index (χ1n) is 16.8. The number of fused-ring (bicyclic) bond motifs is 2. The predicted octanol–water partition coefficient (Wildman–Crippen LogP) is 6.82. The van der Waals surface area contributed by atoms with Crippen LogP contribution < -0.4 is 0 Å². The van der Waals surface area contributed by atoms with Crippen molar-refractivity contribution in [3.8, 4) is 0 Å². The molecule has 0 heterocycles. The number of esters is 2. The van der Waals surface area contributed by atoms with Gasteiger partial charge in [-0.25, -0.2) is 9.59 Å². The van der Waals surface area contributed by atoms with Crippen molar-refractivity contribution in [3.63, 3.8) is 0 Å². The molecule has 9 nitrogen and oxygen atoms in total. The summed E-state index contributed by atoms with van der Waals surface area (Å²) in [6, 6.07) is 13.9. The fraction of sp³-hybridized carbons (Fsp3) is 0.474. The highest BCUT2D eigenvalue weighted by atomic mass is 79.9. The molecular weight excluding hydrogens is 760 g/mol. The Morgan fingerprint density at radius 3 is 1.33 bits per heavy atom. The van der Waals surface area contributed by atoms with Crippen LogP contribution in [0.3, 0.4) is 0 Å². The summed E-state index contributed by atoms with van der Waals surface area (Å²) in [6.45, 7) is 5.67. The minimum atomic E-state index is -0.555. The van der Waals surface area contributed by atoms with Gasteiger partial charge in [0.25, 0.3) is 0 Å². The van der Waals surface area contributed by atoms with Crippen LogP contribution in [0.1, 0.15) is 73.1 Å². The fourth-order valence-corrected chi connectivity index (χ4v) is 7.24. The smallest absolute Gasteiger partial charge is 0.338 e. The van der Waals surface area contributed by atoms with Gasteiger partial charge in [-0.15, -0.1) is 0 Å². The van der Waals surface area contributed by atoms with E-state index in [0.29, 0.717) is 49.7 Å². The zero-order chi connectivity index (χ0) is 35.5. The number of ketones is 2. The third-order valence-electron chi connectivity index (χ3n) is 9.31. The lowest BCUT2D eigenvalue weighted by atomic mass is 9.70. The maximum atomic E-state index is 12.2. The van der Waals surface area contributed by atoms with Crippen LogP contribution in [-0.2, 0) is 23.8 Å². The molecule has 49 heavy (non-hydrogen) atoms. The number of halogens is 2. The van der Waals surface area contributed by atoms with Gasteiger partial charge in [-0.1, -0.05) is 44.0 Å². The number of hydrogen-bond donors (Lipinski definition) is 2. The lowest BCUT2D eigenvalue weighted by Crippen LogP contribution is -2.43. The molecule has 0 aliphatic heterocycles. The van der Waals surface area contributed by atoms with Crippen molar-refractivity contribution in [3.05, 3.63) is 92.9 Å². The normalized spacial score (nSPS) is 28.4. The molecule has 4 aliphatic carbocycles. The molecular formula is C38H44Br2O9. The number of carbonyl (C=O) groups excluding carboxylic acids is 4. The second kappa shape index (κ2) is 18.9. The number of Topliss-reactive ketones (excluding diaryl/α,β-unsaturated/α-hetero) is 2. The van der Waals surface area contributed by atoms with E-state index in [0.717, 1.165) is 22.2 Å². The van der Waals surface area contributed by atoms with Gasteiger partial charge in [0.1, 0.15) is 23.8 Å². The van der Waals surface area contributed by atoms with E-state index in [-0.39, 0.29) is 35.2 Å². The number of aliphatic hydroxyl groups excluding tert-OH is 2. The lowest BCUT2D eigenvalue weighted by Gasteiger charge is -2.39. The number of aliphatic hydroxyl groups is 2. The Morgan fingerprint density at radius 1 is 0.633 bits per heavy atom. The summed E-state index contributed by atoms with van der Waals surface area (Å²) in [5, 5.41) is 20.1. The van der Waals surface area contributed by atoms with Crippen molar-refractivity contribution in [2.24, 2.45) is 23.7 Å². The van der Waals surface area contributed by atoms with E-state index in [2.05, 4.69) is 31.9 Å². The van der Waals surface area contributed by atoms with Gasteiger partial charge in [0.05, 0.1) is 23.3 Å². The van der Waals surface area contributed by atoms with E-state index in [1.807, 2.05) is 13.8 Å². The summed E-state index contributed by atoms with van der Waals surface area (Å²) in [5.74, 6) is -0.732. The van der Waals surface area contributed by atoms with Gasteiger partial charge in [-0.05, 0) is 99.2 Å². The quantitative estimate of drug-likeness (QED) is 0.238. The van der Waals surface area contributed by atoms with E-state index in [4.69, 9.17) is 14.2 Å². The molecule has 2 aromatic carbocycles. The highest BCUT2D eigenvalue weighted by Crippen LogP contribution is 2.39. The summed E-state index contributed by atoms with van der Waals surface area (Å²) in [7, 11) is 0. The fourth-order valence-electron chi connectivity index (χ4n) is 6.71. The second-order valence-corrected chi connectivity index (χ2v) is 14.3. The van der Waals surface area contributed by atoms with Crippen molar-refractivity contribution in [1.82, 2.24) is 0 Å². The van der Waals surface area contributed by atoms with Crippen molar-refractivity contribution < 1.29 is 43.6 Å². The Balaban J connectivity index is 0.000000194. The molecule has 0 bridgehead atoms. The number of ether oxygens (including phenoxy) is 3. The maximum absolute atomic E-state index is 12.2. The Morgan fingerprint density at radius 2 is 1.00 bits per heavy atom. The zero-order valence-corrected chi connectivity index (χ0v) is 30.9. The molecule has 11 heteroatoms. The predicted molar refractivity (Wildman–Crippen MR) is 191 cm³/mol. The lowest BCUT2D eigenvalue weighted by molar-refractivity contribution is -0.126. The van der Waals surface area contributed by atoms with Crippen molar-refractivity contribution in [1.29, 1.82) is 0 Å². The molecule has 264 valence electrons. The second-order valence-electron chi connectivity index (χ2n) is 12.5. The van der Waals surface area contributed by atoms with Crippen LogP contribution in [0.2, 0.25) is 0 Å². The van der Waals surface area contributed by atoms with Gasteiger partial charge in [0, 0.05) is 59.7 Å². The summed E-state index contributed by atoms with van der Waals surface area (Å²) >= 11 is 6.65. The van der Waals surface area contributed by atoms with Crippen LogP contribution in [0, 0.1) is 23.7 Å². The first-order chi connectivity index (χ1) is 23.5. The molecule has 0 radical (unpaired) electrons. The Labute approximate surface area is 304 Å². The van der Waals surface area contributed by atoms with Gasteiger partial charge < -0.3 is 24.4 Å². The van der Waals surface area contributed by atoms with Crippen molar-refractivity contribution in [2.75, 3.05) is 13.2 Å². The Kier molecular flexibility index (Phi) is 15.0. The molecule has 2 fully saturated rings. The monoisotopic (exact) mass is 802 g/mol. The first kappa shape index (κ1) is 38.8. The van der Waals surface area contributed by atoms with E-state index in [1.165, 1.54) is 0 Å². The van der Waals surface area contributed by atoms with Gasteiger partial charge in [0.15, 0.2) is 0 Å². The topological polar surface area (TPSA) is 136 Å². The van der Waals surface area contributed by atoms with E-state index < -0.39 is 36.4 Å². The van der Waals surface area contributed by atoms with E-state index >= 15 is 0 Å². The third kappa shape index (κ3) is 11.0. The summed E-state index contributed by atoms with van der Waals surface area (Å²) in [4.78, 5) is 47.9. The number of rotatable bonds is 6. The van der Waals surface area contributed by atoms with Crippen LogP contribution >= 0.6 is 31.9 Å². The van der Waals surface area contributed by atoms with Crippen LogP contribution in [0.4, 0.5) is 0 Å². The van der Waals surface area contributed by atoms with E-state index in [9.17, 15) is 29.4 Å². The standard InChI is InChI=1S/2C17H17BrO4.C4H10O/c2*18-11-3-1-10(2-4-11)17(21)22-16-8-7-15(20)13-6-5-12(19)9-14(13)16;1-3-5-4-2/h2*1-4,7-8,13-16,20H,5-6,9H2;3-4H2,1-2H3/t2*13-,14+,15+,16-;/m00./s1. The molecule has 2 saturated carbocycles. The third-order valence-corrected chi connectivity index (χ3v) is 10.4. The van der Waals surface area contributed by atoms with Crippen LogP contribution in [-0.4, -0.2) is 71.3 Å². The molecule has 2 aromatic rings. The summed E-state index contributed by atoms with van der Waals surface area (Å²) < 4.78 is 17.8.